The number of aryl methyl sites for hydroxylation is 2. The summed E-state index contributed by atoms with van der Waals surface area (Å²) in [6.07, 6.45) is 3.50. The lowest BCUT2D eigenvalue weighted by atomic mass is 10.1. The molecule has 0 fully saturated rings. The molecule has 0 spiro atoms. The summed E-state index contributed by atoms with van der Waals surface area (Å²) in [5, 5.41) is 0.592. The predicted octanol–water partition coefficient (Wildman–Crippen LogP) is 4.26. The third-order valence-corrected chi connectivity index (χ3v) is 3.96. The number of thiocarbonyl (C=S) groups is 1. The Balaban J connectivity index is 1.93. The van der Waals surface area contributed by atoms with Crippen molar-refractivity contribution in [3.05, 3.63) is 58.1 Å². The summed E-state index contributed by atoms with van der Waals surface area (Å²) in [6.45, 7) is 0. The molecule has 1 aliphatic rings. The maximum absolute atomic E-state index is 5.97. The second kappa shape index (κ2) is 5.43. The molecule has 0 radical (unpaired) electrons. The SMILES string of the molecule is NC(=S)c1cc(Cl)ccc1Oc1ccc2c(c1)CCC2. The van der Waals surface area contributed by atoms with Crippen LogP contribution < -0.4 is 10.5 Å². The predicted molar refractivity (Wildman–Crippen MR) is 85.9 cm³/mol. The number of nitrogens with two attached hydrogens (primary N) is 1. The normalized spacial score (nSPS) is 13.1. The molecule has 2 aromatic carbocycles. The zero-order valence-corrected chi connectivity index (χ0v) is 12.4. The van der Waals surface area contributed by atoms with Gasteiger partial charge in [0.1, 0.15) is 16.5 Å². The van der Waals surface area contributed by atoms with Gasteiger partial charge in [-0.3, -0.25) is 0 Å². The minimum atomic E-state index is 0.281. The number of ether oxygens (including phenoxy) is 1. The molecule has 2 aromatic rings. The average Bonchev–Trinajstić information content (AvgIpc) is 2.88. The van der Waals surface area contributed by atoms with Gasteiger partial charge in [0, 0.05) is 5.02 Å². The highest BCUT2D eigenvalue weighted by molar-refractivity contribution is 7.80. The Morgan fingerprint density at radius 2 is 1.90 bits per heavy atom. The Hall–Kier alpha value is -1.58. The summed E-state index contributed by atoms with van der Waals surface area (Å²) in [5.74, 6) is 1.45. The fraction of sp³-hybridized carbons (Fsp3) is 0.188. The van der Waals surface area contributed by atoms with E-state index in [4.69, 9.17) is 34.3 Å². The van der Waals surface area contributed by atoms with Crippen LogP contribution in [0.1, 0.15) is 23.1 Å². The zero-order chi connectivity index (χ0) is 14.1. The highest BCUT2D eigenvalue weighted by Crippen LogP contribution is 2.31. The summed E-state index contributed by atoms with van der Waals surface area (Å²) < 4.78 is 5.92. The molecule has 0 atom stereocenters. The summed E-state index contributed by atoms with van der Waals surface area (Å²) in [6, 6.07) is 11.5. The van der Waals surface area contributed by atoms with Gasteiger partial charge in [-0.15, -0.1) is 0 Å². The van der Waals surface area contributed by atoms with Crippen LogP contribution in [0.25, 0.3) is 0 Å². The van der Waals surface area contributed by atoms with Crippen LogP contribution in [0.2, 0.25) is 5.02 Å². The van der Waals surface area contributed by atoms with E-state index in [1.54, 1.807) is 18.2 Å². The highest BCUT2D eigenvalue weighted by Gasteiger charge is 2.13. The standard InChI is InChI=1S/C16H14ClNOS/c17-12-5-7-15(14(9-12)16(18)20)19-13-6-4-10-2-1-3-11(10)8-13/h4-9H,1-3H2,(H2,18,20). The molecule has 1 aliphatic carbocycles. The van der Waals surface area contributed by atoms with Gasteiger partial charge in [0.15, 0.2) is 0 Å². The van der Waals surface area contributed by atoms with Crippen molar-refractivity contribution in [2.24, 2.45) is 5.73 Å². The maximum Gasteiger partial charge on any atom is 0.137 e. The lowest BCUT2D eigenvalue weighted by Gasteiger charge is -2.11. The Labute approximate surface area is 128 Å². The first-order valence-electron chi connectivity index (χ1n) is 6.52. The number of benzene rings is 2. The van der Waals surface area contributed by atoms with Crippen molar-refractivity contribution in [2.75, 3.05) is 0 Å². The largest absolute Gasteiger partial charge is 0.457 e. The van der Waals surface area contributed by atoms with Gasteiger partial charge in [0.05, 0.1) is 5.56 Å². The van der Waals surface area contributed by atoms with E-state index in [-0.39, 0.29) is 4.99 Å². The molecule has 2 N–H and O–H groups in total. The minimum Gasteiger partial charge on any atom is -0.457 e. The third-order valence-electron chi connectivity index (χ3n) is 3.50. The third kappa shape index (κ3) is 2.65. The van der Waals surface area contributed by atoms with E-state index in [9.17, 15) is 0 Å². The molecular weight excluding hydrogens is 290 g/mol. The first-order valence-corrected chi connectivity index (χ1v) is 7.31. The molecule has 0 amide bonds. The van der Waals surface area contributed by atoms with Gasteiger partial charge < -0.3 is 10.5 Å². The molecule has 20 heavy (non-hydrogen) atoms. The number of rotatable bonds is 3. The molecule has 4 heteroatoms. The van der Waals surface area contributed by atoms with Crippen LogP contribution in [0.15, 0.2) is 36.4 Å². The topological polar surface area (TPSA) is 35.2 Å². The van der Waals surface area contributed by atoms with Crippen molar-refractivity contribution >= 4 is 28.8 Å². The Bertz CT molecular complexity index is 684. The van der Waals surface area contributed by atoms with Crippen LogP contribution in [0.3, 0.4) is 0 Å². The van der Waals surface area contributed by atoms with Gasteiger partial charge >= 0.3 is 0 Å². The maximum atomic E-state index is 5.97. The fourth-order valence-corrected chi connectivity index (χ4v) is 2.85. The van der Waals surface area contributed by atoms with Crippen LogP contribution in [0.4, 0.5) is 0 Å². The van der Waals surface area contributed by atoms with E-state index < -0.39 is 0 Å². The summed E-state index contributed by atoms with van der Waals surface area (Å²) in [7, 11) is 0. The zero-order valence-electron chi connectivity index (χ0n) is 10.9. The lowest BCUT2D eigenvalue weighted by Crippen LogP contribution is -2.10. The molecular formula is C16H14ClNOS. The van der Waals surface area contributed by atoms with E-state index in [1.165, 1.54) is 17.5 Å². The second-order valence-corrected chi connectivity index (χ2v) is 5.77. The van der Waals surface area contributed by atoms with Crippen LogP contribution >= 0.6 is 23.8 Å². The summed E-state index contributed by atoms with van der Waals surface area (Å²) >= 11 is 11.0. The molecule has 0 heterocycles. The van der Waals surface area contributed by atoms with Crippen LogP contribution in [-0.2, 0) is 12.8 Å². The molecule has 0 unspecified atom stereocenters. The Morgan fingerprint density at radius 1 is 1.10 bits per heavy atom. The van der Waals surface area contributed by atoms with Crippen molar-refractivity contribution in [3.63, 3.8) is 0 Å². The number of halogens is 1. The lowest BCUT2D eigenvalue weighted by molar-refractivity contribution is 0.481. The van der Waals surface area contributed by atoms with E-state index in [0.717, 1.165) is 18.6 Å². The summed E-state index contributed by atoms with van der Waals surface area (Å²) in [4.78, 5) is 0.281. The minimum absolute atomic E-state index is 0.281. The van der Waals surface area contributed by atoms with Crippen LogP contribution in [-0.4, -0.2) is 4.99 Å². The van der Waals surface area contributed by atoms with Crippen molar-refractivity contribution in [3.8, 4) is 11.5 Å². The van der Waals surface area contributed by atoms with Crippen LogP contribution in [0.5, 0.6) is 11.5 Å². The van der Waals surface area contributed by atoms with Gasteiger partial charge in [-0.25, -0.2) is 0 Å². The van der Waals surface area contributed by atoms with Gasteiger partial charge in [0.2, 0.25) is 0 Å². The van der Waals surface area contributed by atoms with E-state index in [2.05, 4.69) is 12.1 Å². The van der Waals surface area contributed by atoms with Gasteiger partial charge in [-0.1, -0.05) is 29.9 Å². The molecule has 2 nitrogen and oxygen atoms in total. The fourth-order valence-electron chi connectivity index (χ4n) is 2.52. The van der Waals surface area contributed by atoms with Crippen molar-refractivity contribution in [1.82, 2.24) is 0 Å². The van der Waals surface area contributed by atoms with E-state index >= 15 is 0 Å². The van der Waals surface area contributed by atoms with Crippen molar-refractivity contribution in [2.45, 2.75) is 19.3 Å². The molecule has 0 saturated carbocycles. The Morgan fingerprint density at radius 3 is 2.70 bits per heavy atom. The summed E-state index contributed by atoms with van der Waals surface area (Å²) in [5.41, 5.74) is 9.17. The second-order valence-electron chi connectivity index (χ2n) is 4.89. The van der Waals surface area contributed by atoms with Gasteiger partial charge in [0.25, 0.3) is 0 Å². The van der Waals surface area contributed by atoms with E-state index in [1.807, 2.05) is 6.07 Å². The van der Waals surface area contributed by atoms with Gasteiger partial charge in [-0.05, 0) is 60.7 Å². The van der Waals surface area contributed by atoms with Gasteiger partial charge in [-0.2, -0.15) is 0 Å². The van der Waals surface area contributed by atoms with Crippen LogP contribution in [0, 0.1) is 0 Å². The average molecular weight is 304 g/mol. The first kappa shape index (κ1) is 13.4. The molecule has 0 bridgehead atoms. The van der Waals surface area contributed by atoms with Crippen molar-refractivity contribution in [1.29, 1.82) is 0 Å². The molecule has 0 saturated heterocycles. The molecule has 0 aliphatic heterocycles. The molecule has 0 aromatic heterocycles. The number of hydrogen-bond acceptors (Lipinski definition) is 2. The molecule has 3 rings (SSSR count). The van der Waals surface area contributed by atoms with Crippen molar-refractivity contribution < 1.29 is 4.74 Å². The van der Waals surface area contributed by atoms with E-state index in [0.29, 0.717) is 16.3 Å². The Kier molecular flexibility index (Phi) is 3.64. The molecule has 102 valence electrons. The first-order chi connectivity index (χ1) is 9.63. The number of fused-ring (bicyclic) bond motifs is 1. The smallest absolute Gasteiger partial charge is 0.137 e. The monoisotopic (exact) mass is 303 g/mol. The highest BCUT2D eigenvalue weighted by atomic mass is 35.5. The number of hydrogen-bond donors (Lipinski definition) is 1. The quantitative estimate of drug-likeness (QED) is 0.861.